The molecule has 0 aromatic heterocycles. The maximum Gasteiger partial charge on any atom is 0.354 e. The Hall–Kier alpha value is -1.36. The minimum Gasteiger partial charge on any atom is -0.477 e. The van der Waals surface area contributed by atoms with Crippen LogP contribution in [0.1, 0.15) is 5.56 Å². The van der Waals surface area contributed by atoms with E-state index in [1.807, 2.05) is 0 Å². The number of nitrogen functional groups attached to an aromatic ring is 1. The summed E-state index contributed by atoms with van der Waals surface area (Å²) in [5, 5.41) is 15.8. The fourth-order valence-electron chi connectivity index (χ4n) is 0.860. The summed E-state index contributed by atoms with van der Waals surface area (Å²) >= 11 is 3.17. The monoisotopic (exact) mass is 242 g/mol. The van der Waals surface area contributed by atoms with Gasteiger partial charge in [-0.1, -0.05) is 15.9 Å². The largest absolute Gasteiger partial charge is 0.477 e. The Morgan fingerprint density at radius 2 is 2.15 bits per heavy atom. The van der Waals surface area contributed by atoms with Crippen LogP contribution in [0.15, 0.2) is 22.7 Å². The standard InChI is InChI=1S/C8H7BrN2O2/c9-4-1-2-6(10)5(3-4)7(11)8(12)13/h1-3,11H,10H2,(H,12,13). The van der Waals surface area contributed by atoms with Crippen LogP contribution in [0.2, 0.25) is 0 Å². The fourth-order valence-corrected chi connectivity index (χ4v) is 1.22. The second-order valence-electron chi connectivity index (χ2n) is 2.41. The van der Waals surface area contributed by atoms with Gasteiger partial charge in [-0.2, -0.15) is 0 Å². The van der Waals surface area contributed by atoms with Crippen molar-refractivity contribution in [3.8, 4) is 0 Å². The fraction of sp³-hybridized carbons (Fsp3) is 0. The number of nitrogens with one attached hydrogen (secondary N) is 1. The summed E-state index contributed by atoms with van der Waals surface area (Å²) in [6, 6.07) is 4.75. The number of benzene rings is 1. The Bertz CT molecular complexity index is 376. The van der Waals surface area contributed by atoms with Gasteiger partial charge in [-0.05, 0) is 18.2 Å². The molecule has 0 atom stereocenters. The molecule has 1 aromatic rings. The van der Waals surface area contributed by atoms with E-state index in [2.05, 4.69) is 15.9 Å². The highest BCUT2D eigenvalue weighted by atomic mass is 79.9. The summed E-state index contributed by atoms with van der Waals surface area (Å²) in [5.74, 6) is -1.29. The molecule has 0 aliphatic carbocycles. The lowest BCUT2D eigenvalue weighted by atomic mass is 10.1. The molecule has 0 unspecified atom stereocenters. The predicted molar refractivity (Wildman–Crippen MR) is 53.0 cm³/mol. The third-order valence-corrected chi connectivity index (χ3v) is 1.99. The van der Waals surface area contributed by atoms with Gasteiger partial charge in [0, 0.05) is 15.7 Å². The van der Waals surface area contributed by atoms with Crippen molar-refractivity contribution >= 4 is 33.3 Å². The van der Waals surface area contributed by atoms with Crippen molar-refractivity contribution < 1.29 is 9.90 Å². The zero-order valence-corrected chi connectivity index (χ0v) is 8.13. The van der Waals surface area contributed by atoms with Gasteiger partial charge in [0.05, 0.1) is 0 Å². The lowest BCUT2D eigenvalue weighted by Gasteiger charge is -2.03. The molecule has 0 saturated carbocycles. The molecule has 0 bridgehead atoms. The highest BCUT2D eigenvalue weighted by Crippen LogP contribution is 2.18. The second kappa shape index (κ2) is 3.57. The van der Waals surface area contributed by atoms with E-state index >= 15 is 0 Å². The number of hydrogen-bond acceptors (Lipinski definition) is 3. The van der Waals surface area contributed by atoms with E-state index in [1.54, 1.807) is 12.1 Å². The van der Waals surface area contributed by atoms with Gasteiger partial charge < -0.3 is 10.8 Å². The molecule has 0 aliphatic heterocycles. The highest BCUT2D eigenvalue weighted by molar-refractivity contribution is 9.10. The third-order valence-electron chi connectivity index (χ3n) is 1.50. The molecule has 5 heteroatoms. The first-order valence-corrected chi connectivity index (χ1v) is 4.19. The van der Waals surface area contributed by atoms with Gasteiger partial charge in [0.15, 0.2) is 0 Å². The van der Waals surface area contributed by atoms with Crippen LogP contribution in [0, 0.1) is 5.41 Å². The molecular weight excluding hydrogens is 236 g/mol. The van der Waals surface area contributed by atoms with Crippen molar-refractivity contribution in [2.45, 2.75) is 0 Å². The van der Waals surface area contributed by atoms with Crippen molar-refractivity contribution in [2.24, 2.45) is 0 Å². The number of halogens is 1. The van der Waals surface area contributed by atoms with Crippen LogP contribution in [0.25, 0.3) is 0 Å². The molecule has 68 valence electrons. The number of rotatable bonds is 2. The van der Waals surface area contributed by atoms with Gasteiger partial charge in [-0.3, -0.25) is 5.41 Å². The van der Waals surface area contributed by atoms with E-state index in [-0.39, 0.29) is 11.3 Å². The van der Waals surface area contributed by atoms with Crippen LogP contribution in [0.5, 0.6) is 0 Å². The minimum absolute atomic E-state index is 0.224. The van der Waals surface area contributed by atoms with Gasteiger partial charge >= 0.3 is 5.97 Å². The van der Waals surface area contributed by atoms with Crippen molar-refractivity contribution in [3.05, 3.63) is 28.2 Å². The Kier molecular flexibility index (Phi) is 2.67. The van der Waals surface area contributed by atoms with Crippen LogP contribution in [0.4, 0.5) is 5.69 Å². The van der Waals surface area contributed by atoms with Crippen LogP contribution >= 0.6 is 15.9 Å². The topological polar surface area (TPSA) is 87.2 Å². The van der Waals surface area contributed by atoms with Gasteiger partial charge in [0.2, 0.25) is 0 Å². The van der Waals surface area contributed by atoms with E-state index in [1.165, 1.54) is 6.07 Å². The summed E-state index contributed by atoms with van der Waals surface area (Å²) in [5.41, 5.74) is 5.51. The summed E-state index contributed by atoms with van der Waals surface area (Å²) in [6.07, 6.45) is 0. The van der Waals surface area contributed by atoms with Crippen LogP contribution in [-0.4, -0.2) is 16.8 Å². The van der Waals surface area contributed by atoms with Crippen LogP contribution < -0.4 is 5.73 Å². The van der Waals surface area contributed by atoms with E-state index in [0.717, 1.165) is 0 Å². The second-order valence-corrected chi connectivity index (χ2v) is 3.33. The molecule has 4 N–H and O–H groups in total. The number of hydrogen-bond donors (Lipinski definition) is 3. The lowest BCUT2D eigenvalue weighted by molar-refractivity contribution is -0.129. The van der Waals surface area contributed by atoms with Gasteiger partial charge in [-0.15, -0.1) is 0 Å². The van der Waals surface area contributed by atoms with Crippen molar-refractivity contribution in [2.75, 3.05) is 5.73 Å². The Morgan fingerprint density at radius 1 is 1.54 bits per heavy atom. The molecule has 13 heavy (non-hydrogen) atoms. The highest BCUT2D eigenvalue weighted by Gasteiger charge is 2.12. The number of nitrogens with two attached hydrogens (primary N) is 1. The summed E-state index contributed by atoms with van der Waals surface area (Å²) in [7, 11) is 0. The number of carboxylic acids is 1. The Labute approximate surface area is 83.0 Å². The van der Waals surface area contributed by atoms with Gasteiger partial charge in [-0.25, -0.2) is 4.79 Å². The van der Waals surface area contributed by atoms with E-state index in [9.17, 15) is 4.79 Å². The van der Waals surface area contributed by atoms with Crippen molar-refractivity contribution in [1.82, 2.24) is 0 Å². The Balaban J connectivity index is 3.21. The number of carbonyl (C=O) groups is 1. The number of carboxylic acid groups (broad SMARTS) is 1. The molecule has 0 amide bonds. The zero-order chi connectivity index (χ0) is 10.0. The smallest absolute Gasteiger partial charge is 0.354 e. The lowest BCUT2D eigenvalue weighted by Crippen LogP contribution is -2.14. The van der Waals surface area contributed by atoms with Crippen molar-refractivity contribution in [1.29, 1.82) is 5.41 Å². The van der Waals surface area contributed by atoms with E-state index in [4.69, 9.17) is 16.2 Å². The first kappa shape index (κ1) is 9.73. The van der Waals surface area contributed by atoms with E-state index in [0.29, 0.717) is 4.47 Å². The molecule has 0 saturated heterocycles. The molecule has 0 radical (unpaired) electrons. The molecule has 0 fully saturated rings. The quantitative estimate of drug-likeness (QED) is 0.543. The zero-order valence-electron chi connectivity index (χ0n) is 6.54. The number of aliphatic carboxylic acids is 1. The van der Waals surface area contributed by atoms with Crippen LogP contribution in [-0.2, 0) is 4.79 Å². The van der Waals surface area contributed by atoms with Crippen molar-refractivity contribution in [3.63, 3.8) is 0 Å². The SMILES string of the molecule is N=C(C(=O)O)c1cc(Br)ccc1N. The molecule has 0 spiro atoms. The maximum atomic E-state index is 10.5. The van der Waals surface area contributed by atoms with Gasteiger partial charge in [0.25, 0.3) is 0 Å². The van der Waals surface area contributed by atoms with Gasteiger partial charge in [0.1, 0.15) is 5.71 Å². The molecule has 0 aliphatic rings. The minimum atomic E-state index is -1.29. The molecular formula is C8H7BrN2O2. The molecule has 1 rings (SSSR count). The predicted octanol–water partition coefficient (Wildman–Crippen LogP) is 1.48. The first-order valence-electron chi connectivity index (χ1n) is 3.39. The maximum absolute atomic E-state index is 10.5. The average Bonchev–Trinajstić information content (AvgIpc) is 2.08. The van der Waals surface area contributed by atoms with E-state index < -0.39 is 11.7 Å². The molecule has 0 heterocycles. The summed E-state index contributed by atoms with van der Waals surface area (Å²) in [6.45, 7) is 0. The third kappa shape index (κ3) is 2.06. The average molecular weight is 243 g/mol. The molecule has 4 nitrogen and oxygen atoms in total. The van der Waals surface area contributed by atoms with Crippen LogP contribution in [0.3, 0.4) is 0 Å². The normalized spacial score (nSPS) is 9.62. The summed E-state index contributed by atoms with van der Waals surface area (Å²) in [4.78, 5) is 10.5. The molecule has 1 aromatic carbocycles. The summed E-state index contributed by atoms with van der Waals surface area (Å²) < 4.78 is 0.697. The number of anilines is 1. The first-order chi connectivity index (χ1) is 6.02. The Morgan fingerprint density at radius 3 is 2.69 bits per heavy atom.